The van der Waals surface area contributed by atoms with Gasteiger partial charge in [0.1, 0.15) is 10.8 Å². The number of ether oxygens (including phenoxy) is 1. The van der Waals surface area contributed by atoms with Crippen LogP contribution in [0.1, 0.15) is 58.6 Å². The molecule has 6 heteroatoms. The quantitative estimate of drug-likeness (QED) is 0.326. The molecule has 1 aliphatic heterocycles. The lowest BCUT2D eigenvalue weighted by Gasteiger charge is -2.31. The molecule has 2 aliphatic rings. The highest BCUT2D eigenvalue weighted by Crippen LogP contribution is 2.44. The van der Waals surface area contributed by atoms with Crippen LogP contribution in [-0.4, -0.2) is 22.6 Å². The van der Waals surface area contributed by atoms with Crippen molar-refractivity contribution in [2.24, 2.45) is 0 Å². The van der Waals surface area contributed by atoms with Crippen molar-refractivity contribution in [3.05, 3.63) is 99.7 Å². The van der Waals surface area contributed by atoms with Gasteiger partial charge >= 0.3 is 6.03 Å². The Morgan fingerprint density at radius 1 is 1.06 bits per heavy atom. The Morgan fingerprint density at radius 2 is 1.89 bits per heavy atom. The molecule has 6 rings (SSSR count). The highest BCUT2D eigenvalue weighted by molar-refractivity contribution is 7.15. The zero-order valence-corrected chi connectivity index (χ0v) is 21.6. The number of fused-ring (bicyclic) bond motifs is 5. The van der Waals surface area contributed by atoms with Crippen LogP contribution in [0.3, 0.4) is 0 Å². The minimum atomic E-state index is -0.199. The molecule has 5 nitrogen and oxygen atoms in total. The number of benzene rings is 2. The van der Waals surface area contributed by atoms with E-state index < -0.39 is 0 Å². The largest absolute Gasteiger partial charge is 0.497 e. The molecule has 0 bridgehead atoms. The van der Waals surface area contributed by atoms with Gasteiger partial charge in [0.25, 0.3) is 0 Å². The normalized spacial score (nSPS) is 16.5. The Balaban J connectivity index is 1.47. The predicted octanol–water partition coefficient (Wildman–Crippen LogP) is 7.13. The SMILES string of the molecule is CCc1ccc([C@H]2c3cccn3-c3sc4c(c3CN2C(=O)Nc2cccc(OC)c2)CCCC4)cc1. The second-order valence-electron chi connectivity index (χ2n) is 9.59. The van der Waals surface area contributed by atoms with Crippen molar-refractivity contribution in [2.75, 3.05) is 12.4 Å². The fourth-order valence-corrected chi connectivity index (χ4v) is 6.97. The van der Waals surface area contributed by atoms with E-state index in [9.17, 15) is 4.79 Å². The van der Waals surface area contributed by atoms with Gasteiger partial charge in [-0.25, -0.2) is 4.79 Å². The van der Waals surface area contributed by atoms with E-state index in [0.29, 0.717) is 6.54 Å². The zero-order chi connectivity index (χ0) is 24.6. The molecule has 0 saturated heterocycles. The third kappa shape index (κ3) is 3.99. The van der Waals surface area contributed by atoms with Crippen LogP contribution in [0.2, 0.25) is 0 Å². The number of amides is 2. The van der Waals surface area contributed by atoms with Crippen LogP contribution in [0.15, 0.2) is 66.9 Å². The number of aryl methyl sites for hydroxylation is 2. The molecule has 2 aromatic carbocycles. The van der Waals surface area contributed by atoms with E-state index in [1.165, 1.54) is 39.4 Å². The van der Waals surface area contributed by atoms with Crippen LogP contribution in [0, 0.1) is 0 Å². The molecule has 0 spiro atoms. The molecule has 1 N–H and O–H groups in total. The first-order valence-corrected chi connectivity index (χ1v) is 13.6. The Bertz CT molecular complexity index is 1400. The Morgan fingerprint density at radius 3 is 2.69 bits per heavy atom. The monoisotopic (exact) mass is 497 g/mol. The molecule has 2 amide bonds. The van der Waals surface area contributed by atoms with Crippen molar-refractivity contribution < 1.29 is 9.53 Å². The molecule has 0 fully saturated rings. The molecular weight excluding hydrogens is 466 g/mol. The highest BCUT2D eigenvalue weighted by Gasteiger charge is 2.36. The van der Waals surface area contributed by atoms with E-state index in [2.05, 4.69) is 59.4 Å². The molecule has 1 aliphatic carbocycles. The van der Waals surface area contributed by atoms with Gasteiger partial charge in [0.2, 0.25) is 0 Å². The summed E-state index contributed by atoms with van der Waals surface area (Å²) < 4.78 is 7.71. The summed E-state index contributed by atoms with van der Waals surface area (Å²) >= 11 is 1.91. The molecule has 1 atom stereocenters. The van der Waals surface area contributed by atoms with Crippen molar-refractivity contribution in [1.29, 1.82) is 0 Å². The van der Waals surface area contributed by atoms with Gasteiger partial charge in [0.15, 0.2) is 0 Å². The number of methoxy groups -OCH3 is 1. The first-order valence-electron chi connectivity index (χ1n) is 12.8. The Labute approximate surface area is 216 Å². The molecule has 0 unspecified atom stereocenters. The van der Waals surface area contributed by atoms with Crippen LogP contribution in [0.5, 0.6) is 5.75 Å². The number of nitrogens with one attached hydrogen (secondary N) is 1. The first-order chi connectivity index (χ1) is 17.7. The number of thiophene rings is 1. The van der Waals surface area contributed by atoms with Crippen LogP contribution < -0.4 is 10.1 Å². The molecule has 3 heterocycles. The topological polar surface area (TPSA) is 46.5 Å². The van der Waals surface area contributed by atoms with E-state index >= 15 is 0 Å². The summed E-state index contributed by atoms with van der Waals surface area (Å²) in [5.41, 5.74) is 7.03. The number of rotatable bonds is 4. The average molecular weight is 498 g/mol. The number of anilines is 1. The average Bonchev–Trinajstić information content (AvgIpc) is 3.51. The molecule has 184 valence electrons. The van der Waals surface area contributed by atoms with Crippen molar-refractivity contribution in [3.8, 4) is 10.8 Å². The third-order valence-corrected chi connectivity index (χ3v) is 8.80. The van der Waals surface area contributed by atoms with Crippen molar-refractivity contribution in [2.45, 2.75) is 51.6 Å². The maximum absolute atomic E-state index is 14.0. The number of urea groups is 1. The van der Waals surface area contributed by atoms with E-state index in [1.54, 1.807) is 7.11 Å². The van der Waals surface area contributed by atoms with Crippen LogP contribution in [0.4, 0.5) is 10.5 Å². The molecular formula is C30H31N3O2S. The van der Waals surface area contributed by atoms with Gasteiger partial charge in [-0.15, -0.1) is 11.3 Å². The van der Waals surface area contributed by atoms with E-state index in [-0.39, 0.29) is 12.1 Å². The lowest BCUT2D eigenvalue weighted by atomic mass is 9.95. The van der Waals surface area contributed by atoms with E-state index in [1.807, 2.05) is 40.5 Å². The van der Waals surface area contributed by atoms with Gasteiger partial charge in [0.05, 0.1) is 25.4 Å². The smallest absolute Gasteiger partial charge is 0.322 e. The minimum absolute atomic E-state index is 0.107. The van der Waals surface area contributed by atoms with Gasteiger partial charge in [0, 0.05) is 28.4 Å². The van der Waals surface area contributed by atoms with Crippen molar-refractivity contribution >= 4 is 23.1 Å². The zero-order valence-electron chi connectivity index (χ0n) is 20.8. The van der Waals surface area contributed by atoms with Gasteiger partial charge < -0.3 is 19.5 Å². The Kier molecular flexibility index (Phi) is 6.05. The predicted molar refractivity (Wildman–Crippen MR) is 146 cm³/mol. The number of aromatic nitrogens is 1. The fourth-order valence-electron chi connectivity index (χ4n) is 5.57. The second kappa shape index (κ2) is 9.51. The van der Waals surface area contributed by atoms with E-state index in [4.69, 9.17) is 4.74 Å². The number of hydrogen-bond acceptors (Lipinski definition) is 3. The molecule has 4 aromatic rings. The van der Waals surface area contributed by atoms with E-state index in [0.717, 1.165) is 42.0 Å². The summed E-state index contributed by atoms with van der Waals surface area (Å²) in [6.07, 6.45) is 7.85. The lowest BCUT2D eigenvalue weighted by Crippen LogP contribution is -2.38. The van der Waals surface area contributed by atoms with Crippen LogP contribution in [0.25, 0.3) is 5.00 Å². The first kappa shape index (κ1) is 22.9. The molecule has 0 radical (unpaired) electrons. The molecule has 0 saturated carbocycles. The minimum Gasteiger partial charge on any atom is -0.497 e. The van der Waals surface area contributed by atoms with Gasteiger partial charge in [-0.05, 0) is 73.1 Å². The van der Waals surface area contributed by atoms with Crippen molar-refractivity contribution in [3.63, 3.8) is 0 Å². The maximum Gasteiger partial charge on any atom is 0.322 e. The summed E-state index contributed by atoms with van der Waals surface area (Å²) in [5.74, 6) is 0.721. The van der Waals surface area contributed by atoms with Gasteiger partial charge in [-0.1, -0.05) is 37.3 Å². The lowest BCUT2D eigenvalue weighted by molar-refractivity contribution is 0.194. The fraction of sp³-hybridized carbons (Fsp3) is 0.300. The number of carbonyl (C=O) groups excluding carboxylic acids is 1. The van der Waals surface area contributed by atoms with Crippen LogP contribution in [-0.2, 0) is 25.8 Å². The third-order valence-electron chi connectivity index (χ3n) is 7.46. The molecule has 2 aromatic heterocycles. The number of carbonyl (C=O) groups is 1. The molecule has 36 heavy (non-hydrogen) atoms. The highest BCUT2D eigenvalue weighted by atomic mass is 32.1. The standard InChI is InChI=1S/C30H31N3O2S/c1-3-20-13-15-21(16-14-20)28-26-11-7-17-32(26)29-25(24-10-4-5-12-27(24)36-29)19-33(28)30(34)31-22-8-6-9-23(18-22)35-2/h6-9,11,13-18,28H,3-5,10,12,19H2,1-2H3,(H,31,34)/t28-/m0/s1. The Hall–Kier alpha value is -3.51. The van der Waals surface area contributed by atoms with Crippen molar-refractivity contribution in [1.82, 2.24) is 9.47 Å². The van der Waals surface area contributed by atoms with Gasteiger partial charge in [-0.3, -0.25) is 0 Å². The number of hydrogen-bond donors (Lipinski definition) is 1. The summed E-state index contributed by atoms with van der Waals surface area (Å²) in [6, 6.07) is 20.3. The number of nitrogens with zero attached hydrogens (tertiary/aromatic N) is 2. The summed E-state index contributed by atoms with van der Waals surface area (Å²) in [7, 11) is 1.64. The summed E-state index contributed by atoms with van der Waals surface area (Å²) in [6.45, 7) is 2.75. The maximum atomic E-state index is 14.0. The summed E-state index contributed by atoms with van der Waals surface area (Å²) in [4.78, 5) is 17.5. The van der Waals surface area contributed by atoms with Crippen LogP contribution >= 0.6 is 11.3 Å². The second-order valence-corrected chi connectivity index (χ2v) is 10.7. The van der Waals surface area contributed by atoms with Gasteiger partial charge in [-0.2, -0.15) is 0 Å². The summed E-state index contributed by atoms with van der Waals surface area (Å²) in [5, 5.41) is 4.44.